The maximum Gasteiger partial charge on any atom is 0.276 e. The quantitative estimate of drug-likeness (QED) is 0.290. The molecular formula is C26H26FN7OS. The first-order valence-corrected chi connectivity index (χ1v) is 12.7. The van der Waals surface area contributed by atoms with E-state index in [0.29, 0.717) is 48.5 Å². The zero-order chi connectivity index (χ0) is 25.1. The summed E-state index contributed by atoms with van der Waals surface area (Å²) in [4.78, 5) is 26.6. The van der Waals surface area contributed by atoms with Gasteiger partial charge < -0.3 is 9.80 Å². The predicted molar refractivity (Wildman–Crippen MR) is 137 cm³/mol. The molecule has 0 aliphatic carbocycles. The lowest BCUT2D eigenvalue weighted by Crippen LogP contribution is -2.49. The number of hydrogen-bond acceptors (Lipinski definition) is 7. The fourth-order valence-electron chi connectivity index (χ4n) is 4.23. The van der Waals surface area contributed by atoms with E-state index in [1.54, 1.807) is 21.7 Å². The van der Waals surface area contributed by atoms with Crippen LogP contribution in [0.25, 0.3) is 5.69 Å². The van der Waals surface area contributed by atoms with Crippen LogP contribution in [0.5, 0.6) is 0 Å². The van der Waals surface area contributed by atoms with Crippen molar-refractivity contribution < 1.29 is 9.18 Å². The highest BCUT2D eigenvalue weighted by atomic mass is 32.2. The van der Waals surface area contributed by atoms with Crippen molar-refractivity contribution in [2.24, 2.45) is 0 Å². The summed E-state index contributed by atoms with van der Waals surface area (Å²) in [6.07, 6.45) is 0. The Kier molecular flexibility index (Phi) is 6.95. The molecule has 1 aliphatic heterocycles. The minimum absolute atomic E-state index is 0.145. The van der Waals surface area contributed by atoms with E-state index in [-0.39, 0.29) is 11.7 Å². The van der Waals surface area contributed by atoms with Crippen LogP contribution in [0.3, 0.4) is 0 Å². The zero-order valence-electron chi connectivity index (χ0n) is 20.1. The average molecular weight is 504 g/mol. The number of aryl methyl sites for hydroxylation is 2. The molecule has 184 valence electrons. The number of nitrogens with zero attached hydrogens (tertiary/aromatic N) is 7. The van der Waals surface area contributed by atoms with Crippen LogP contribution in [0.15, 0.2) is 65.8 Å². The normalized spacial score (nSPS) is 13.8. The Bertz CT molecular complexity index is 1330. The number of para-hydroxylation sites is 1. The number of carbonyl (C=O) groups is 1. The molecule has 1 amide bonds. The highest BCUT2D eigenvalue weighted by Crippen LogP contribution is 2.25. The lowest BCUT2D eigenvalue weighted by molar-refractivity contribution is 0.0740. The Balaban J connectivity index is 1.37. The summed E-state index contributed by atoms with van der Waals surface area (Å²) in [5.41, 5.74) is 4.63. The smallest absolute Gasteiger partial charge is 0.276 e. The third-order valence-corrected chi connectivity index (χ3v) is 6.88. The van der Waals surface area contributed by atoms with Gasteiger partial charge in [0.25, 0.3) is 5.91 Å². The van der Waals surface area contributed by atoms with Crippen molar-refractivity contribution in [2.45, 2.75) is 24.8 Å². The maximum absolute atomic E-state index is 13.6. The minimum Gasteiger partial charge on any atom is -0.368 e. The molecule has 0 N–H and O–H groups in total. The van der Waals surface area contributed by atoms with Gasteiger partial charge in [0.2, 0.25) is 0 Å². The predicted octanol–water partition coefficient (Wildman–Crippen LogP) is 4.07. The summed E-state index contributed by atoms with van der Waals surface area (Å²) in [5.74, 6) is 0.0417. The van der Waals surface area contributed by atoms with Gasteiger partial charge in [-0.2, -0.15) is 0 Å². The first kappa shape index (κ1) is 23.9. The maximum atomic E-state index is 13.6. The standard InChI is InChI=1S/C26H26FN7OS/c1-18-16-19(2)29-26(28-18)36-17-23-24(30-31-34(23)22-6-4-3-5-7-22)25(35)33-14-12-32(13-15-33)21-10-8-20(27)9-11-21/h3-11,16H,12-15,17H2,1-2H3. The van der Waals surface area contributed by atoms with Gasteiger partial charge in [0.05, 0.1) is 11.4 Å². The molecule has 1 fully saturated rings. The van der Waals surface area contributed by atoms with Crippen molar-refractivity contribution >= 4 is 23.4 Å². The number of benzene rings is 2. The van der Waals surface area contributed by atoms with E-state index in [0.717, 1.165) is 22.8 Å². The van der Waals surface area contributed by atoms with Crippen LogP contribution < -0.4 is 4.90 Å². The van der Waals surface area contributed by atoms with Gasteiger partial charge in [-0.3, -0.25) is 4.79 Å². The van der Waals surface area contributed by atoms with Crippen LogP contribution in [-0.4, -0.2) is 61.9 Å². The highest BCUT2D eigenvalue weighted by molar-refractivity contribution is 7.98. The summed E-state index contributed by atoms with van der Waals surface area (Å²) in [6.45, 7) is 6.28. The van der Waals surface area contributed by atoms with E-state index < -0.39 is 0 Å². The molecule has 0 atom stereocenters. The first-order chi connectivity index (χ1) is 17.5. The van der Waals surface area contributed by atoms with Crippen LogP contribution in [0.2, 0.25) is 0 Å². The summed E-state index contributed by atoms with van der Waals surface area (Å²) >= 11 is 1.46. The van der Waals surface area contributed by atoms with Gasteiger partial charge >= 0.3 is 0 Å². The number of halogens is 1. The first-order valence-electron chi connectivity index (χ1n) is 11.7. The molecular weight excluding hydrogens is 477 g/mol. The lowest BCUT2D eigenvalue weighted by Gasteiger charge is -2.35. The second-order valence-electron chi connectivity index (χ2n) is 8.61. The second kappa shape index (κ2) is 10.4. The highest BCUT2D eigenvalue weighted by Gasteiger charge is 2.28. The van der Waals surface area contributed by atoms with E-state index in [4.69, 9.17) is 0 Å². The van der Waals surface area contributed by atoms with Gasteiger partial charge in [0.15, 0.2) is 10.9 Å². The number of rotatable bonds is 6. The molecule has 5 rings (SSSR count). The molecule has 2 aromatic heterocycles. The number of thioether (sulfide) groups is 1. The van der Waals surface area contributed by atoms with Crippen LogP contribution in [-0.2, 0) is 5.75 Å². The molecule has 0 spiro atoms. The molecule has 1 saturated heterocycles. The number of amides is 1. The molecule has 10 heteroatoms. The molecule has 36 heavy (non-hydrogen) atoms. The number of hydrogen-bond donors (Lipinski definition) is 0. The van der Waals surface area contributed by atoms with E-state index in [2.05, 4.69) is 25.2 Å². The fraction of sp³-hybridized carbons (Fsp3) is 0.269. The van der Waals surface area contributed by atoms with E-state index in [1.807, 2.05) is 50.2 Å². The molecule has 0 saturated carbocycles. The monoisotopic (exact) mass is 503 g/mol. The van der Waals surface area contributed by atoms with Crippen molar-refractivity contribution in [1.29, 1.82) is 0 Å². The number of piperazine rings is 1. The van der Waals surface area contributed by atoms with Crippen molar-refractivity contribution in [3.8, 4) is 5.69 Å². The topological polar surface area (TPSA) is 80.0 Å². The Morgan fingerprint density at radius 2 is 1.58 bits per heavy atom. The van der Waals surface area contributed by atoms with E-state index in [1.165, 1.54) is 23.9 Å². The SMILES string of the molecule is Cc1cc(C)nc(SCc2c(C(=O)N3CCN(c4ccc(F)cc4)CC3)nnn2-c2ccccc2)n1. The lowest BCUT2D eigenvalue weighted by atomic mass is 10.2. The number of aromatic nitrogens is 5. The van der Waals surface area contributed by atoms with E-state index >= 15 is 0 Å². The molecule has 1 aliphatic rings. The summed E-state index contributed by atoms with van der Waals surface area (Å²) in [5, 5.41) is 9.31. The molecule has 3 heterocycles. The number of anilines is 1. The molecule has 0 bridgehead atoms. The second-order valence-corrected chi connectivity index (χ2v) is 9.55. The summed E-state index contributed by atoms with van der Waals surface area (Å²) < 4.78 is 15.0. The van der Waals surface area contributed by atoms with Crippen molar-refractivity contribution in [3.63, 3.8) is 0 Å². The van der Waals surface area contributed by atoms with Crippen molar-refractivity contribution in [1.82, 2.24) is 29.9 Å². The Hall–Kier alpha value is -3.79. The number of carbonyl (C=O) groups excluding carboxylic acids is 1. The van der Waals surface area contributed by atoms with Crippen LogP contribution in [0.4, 0.5) is 10.1 Å². The summed E-state index contributed by atoms with van der Waals surface area (Å²) in [6, 6.07) is 18.0. The van der Waals surface area contributed by atoms with E-state index in [9.17, 15) is 9.18 Å². The minimum atomic E-state index is -0.259. The summed E-state index contributed by atoms with van der Waals surface area (Å²) in [7, 11) is 0. The Morgan fingerprint density at radius 1 is 0.917 bits per heavy atom. The van der Waals surface area contributed by atoms with Gasteiger partial charge in [-0.25, -0.2) is 19.0 Å². The van der Waals surface area contributed by atoms with Gasteiger partial charge in [0, 0.05) is 49.0 Å². The average Bonchev–Trinajstić information content (AvgIpc) is 3.31. The third kappa shape index (κ3) is 5.23. The van der Waals surface area contributed by atoms with Crippen LogP contribution in [0, 0.1) is 19.7 Å². The van der Waals surface area contributed by atoms with Gasteiger partial charge in [0.1, 0.15) is 5.82 Å². The molecule has 2 aromatic carbocycles. The van der Waals surface area contributed by atoms with Crippen molar-refractivity contribution in [3.05, 3.63) is 89.3 Å². The molecule has 8 nitrogen and oxygen atoms in total. The molecule has 0 unspecified atom stereocenters. The largest absolute Gasteiger partial charge is 0.368 e. The Labute approximate surface area is 213 Å². The Morgan fingerprint density at radius 3 is 2.25 bits per heavy atom. The molecule has 0 radical (unpaired) electrons. The van der Waals surface area contributed by atoms with Crippen LogP contribution in [0.1, 0.15) is 27.6 Å². The van der Waals surface area contributed by atoms with Crippen molar-refractivity contribution in [2.75, 3.05) is 31.1 Å². The fourth-order valence-corrected chi connectivity index (χ4v) is 5.18. The van der Waals surface area contributed by atoms with Gasteiger partial charge in [-0.05, 0) is 56.3 Å². The van der Waals surface area contributed by atoms with Gasteiger partial charge in [-0.15, -0.1) is 5.10 Å². The molecule has 4 aromatic rings. The van der Waals surface area contributed by atoms with Crippen LogP contribution >= 0.6 is 11.8 Å². The van der Waals surface area contributed by atoms with Gasteiger partial charge in [-0.1, -0.05) is 35.2 Å². The zero-order valence-corrected chi connectivity index (χ0v) is 21.0. The third-order valence-electron chi connectivity index (χ3n) is 6.02.